The zero-order valence-corrected chi connectivity index (χ0v) is 16.2. The fraction of sp³-hybridized carbons (Fsp3) is 0.304. The van der Waals surface area contributed by atoms with Crippen molar-refractivity contribution in [3.8, 4) is 0 Å². The summed E-state index contributed by atoms with van der Waals surface area (Å²) < 4.78 is 0. The Morgan fingerprint density at radius 2 is 1.59 bits per heavy atom. The minimum atomic E-state index is 0.119. The molecule has 2 aromatic carbocycles. The number of nitrogens with zero attached hydrogens (tertiary/aromatic N) is 3. The number of aryl methyl sites for hydroxylation is 3. The van der Waals surface area contributed by atoms with Gasteiger partial charge in [-0.1, -0.05) is 35.9 Å². The van der Waals surface area contributed by atoms with E-state index in [1.165, 1.54) is 22.1 Å². The lowest BCUT2D eigenvalue weighted by molar-refractivity contribution is 0.0746. The molecule has 1 saturated heterocycles. The van der Waals surface area contributed by atoms with Gasteiger partial charge in [-0.2, -0.15) is 0 Å². The molecule has 1 aliphatic rings. The standard InChI is InChI=1S/C23H25N3O/c1-16-7-9-19(10-8-16)23(27)26-13-11-25(12-14-26)21-15-18(3)20-6-4-5-17(2)22(20)24-21/h4-10,15H,11-14H2,1-3H3. The Bertz CT molecular complexity index is 986. The number of fused-ring (bicyclic) bond motifs is 1. The summed E-state index contributed by atoms with van der Waals surface area (Å²) in [6, 6.07) is 16.3. The number of amides is 1. The molecule has 0 unspecified atom stereocenters. The number of aromatic nitrogens is 1. The number of para-hydroxylation sites is 1. The smallest absolute Gasteiger partial charge is 0.253 e. The first-order valence-electron chi connectivity index (χ1n) is 9.51. The molecule has 0 radical (unpaired) electrons. The van der Waals surface area contributed by atoms with Crippen LogP contribution < -0.4 is 4.90 Å². The van der Waals surface area contributed by atoms with Crippen molar-refractivity contribution in [1.29, 1.82) is 0 Å². The van der Waals surface area contributed by atoms with Gasteiger partial charge in [-0.15, -0.1) is 0 Å². The molecule has 4 nitrogen and oxygen atoms in total. The van der Waals surface area contributed by atoms with Crippen LogP contribution in [0, 0.1) is 20.8 Å². The second kappa shape index (κ2) is 7.03. The number of carbonyl (C=O) groups excluding carboxylic acids is 1. The van der Waals surface area contributed by atoms with E-state index in [0.717, 1.165) is 43.1 Å². The maximum Gasteiger partial charge on any atom is 0.253 e. The lowest BCUT2D eigenvalue weighted by atomic mass is 10.1. The highest BCUT2D eigenvalue weighted by Gasteiger charge is 2.23. The second-order valence-corrected chi connectivity index (χ2v) is 7.41. The first-order chi connectivity index (χ1) is 13.0. The van der Waals surface area contributed by atoms with Crippen LogP contribution >= 0.6 is 0 Å². The Morgan fingerprint density at radius 3 is 2.30 bits per heavy atom. The summed E-state index contributed by atoms with van der Waals surface area (Å²) in [5.74, 6) is 1.13. The summed E-state index contributed by atoms with van der Waals surface area (Å²) >= 11 is 0. The third-order valence-electron chi connectivity index (χ3n) is 5.42. The molecule has 27 heavy (non-hydrogen) atoms. The van der Waals surface area contributed by atoms with E-state index in [1.807, 2.05) is 36.1 Å². The molecule has 1 aromatic heterocycles. The molecular formula is C23H25N3O. The van der Waals surface area contributed by atoms with E-state index >= 15 is 0 Å². The van der Waals surface area contributed by atoms with Gasteiger partial charge in [0.15, 0.2) is 0 Å². The molecule has 1 fully saturated rings. The van der Waals surface area contributed by atoms with Gasteiger partial charge in [-0.05, 0) is 50.1 Å². The summed E-state index contributed by atoms with van der Waals surface area (Å²) in [5.41, 5.74) is 5.46. The van der Waals surface area contributed by atoms with Crippen LogP contribution in [-0.4, -0.2) is 42.0 Å². The number of hydrogen-bond donors (Lipinski definition) is 0. The molecule has 0 atom stereocenters. The number of rotatable bonds is 2. The third-order valence-corrected chi connectivity index (χ3v) is 5.42. The molecule has 0 N–H and O–H groups in total. The van der Waals surface area contributed by atoms with E-state index in [9.17, 15) is 4.79 Å². The largest absolute Gasteiger partial charge is 0.353 e. The molecule has 4 rings (SSSR count). The SMILES string of the molecule is Cc1ccc(C(=O)N2CCN(c3cc(C)c4cccc(C)c4n3)CC2)cc1. The summed E-state index contributed by atoms with van der Waals surface area (Å²) in [5, 5.41) is 1.21. The van der Waals surface area contributed by atoms with Gasteiger partial charge >= 0.3 is 0 Å². The number of carbonyl (C=O) groups is 1. The van der Waals surface area contributed by atoms with Gasteiger partial charge < -0.3 is 9.80 Å². The Balaban J connectivity index is 1.51. The zero-order valence-electron chi connectivity index (χ0n) is 16.2. The highest BCUT2D eigenvalue weighted by atomic mass is 16.2. The maximum absolute atomic E-state index is 12.7. The maximum atomic E-state index is 12.7. The van der Waals surface area contributed by atoms with Crippen LogP contribution in [0.3, 0.4) is 0 Å². The molecule has 1 amide bonds. The van der Waals surface area contributed by atoms with Crippen LogP contribution in [0.15, 0.2) is 48.5 Å². The van der Waals surface area contributed by atoms with Crippen LogP contribution in [0.4, 0.5) is 5.82 Å². The van der Waals surface area contributed by atoms with Crippen molar-refractivity contribution in [2.75, 3.05) is 31.1 Å². The van der Waals surface area contributed by atoms with Crippen molar-refractivity contribution >= 4 is 22.6 Å². The van der Waals surface area contributed by atoms with Crippen LogP contribution in [0.5, 0.6) is 0 Å². The number of pyridine rings is 1. The van der Waals surface area contributed by atoms with Gasteiger partial charge in [0.2, 0.25) is 0 Å². The van der Waals surface area contributed by atoms with Crippen molar-refractivity contribution in [2.45, 2.75) is 20.8 Å². The molecule has 1 aliphatic heterocycles. The van der Waals surface area contributed by atoms with Crippen molar-refractivity contribution in [2.24, 2.45) is 0 Å². The average molecular weight is 359 g/mol. The van der Waals surface area contributed by atoms with Crippen molar-refractivity contribution < 1.29 is 4.79 Å². The lowest BCUT2D eigenvalue weighted by Crippen LogP contribution is -2.49. The summed E-state index contributed by atoms with van der Waals surface area (Å²) in [6.45, 7) is 9.34. The monoisotopic (exact) mass is 359 g/mol. The number of hydrogen-bond acceptors (Lipinski definition) is 3. The van der Waals surface area contributed by atoms with Crippen LogP contribution in [-0.2, 0) is 0 Å². The normalized spacial score (nSPS) is 14.6. The quantitative estimate of drug-likeness (QED) is 0.690. The molecule has 0 bridgehead atoms. The fourth-order valence-corrected chi connectivity index (χ4v) is 3.72. The molecule has 0 spiro atoms. The van der Waals surface area contributed by atoms with E-state index in [4.69, 9.17) is 4.98 Å². The molecule has 3 aromatic rings. The minimum absolute atomic E-state index is 0.119. The number of anilines is 1. The van der Waals surface area contributed by atoms with E-state index in [-0.39, 0.29) is 5.91 Å². The minimum Gasteiger partial charge on any atom is -0.353 e. The topological polar surface area (TPSA) is 36.4 Å². The predicted molar refractivity (Wildman–Crippen MR) is 111 cm³/mol. The Kier molecular flexibility index (Phi) is 4.56. The second-order valence-electron chi connectivity index (χ2n) is 7.41. The van der Waals surface area contributed by atoms with E-state index in [1.54, 1.807) is 0 Å². The van der Waals surface area contributed by atoms with Crippen molar-refractivity contribution in [1.82, 2.24) is 9.88 Å². The third kappa shape index (κ3) is 3.39. The molecule has 2 heterocycles. The van der Waals surface area contributed by atoms with Gasteiger partial charge in [0.05, 0.1) is 5.52 Å². The highest BCUT2D eigenvalue weighted by Crippen LogP contribution is 2.25. The zero-order chi connectivity index (χ0) is 19.0. The van der Waals surface area contributed by atoms with Gasteiger partial charge in [-0.3, -0.25) is 4.79 Å². The average Bonchev–Trinajstić information content (AvgIpc) is 2.69. The van der Waals surface area contributed by atoms with Crippen molar-refractivity contribution in [3.05, 3.63) is 70.8 Å². The number of piperazine rings is 1. The molecule has 0 saturated carbocycles. The Labute approximate surface area is 160 Å². The predicted octanol–water partition coefficient (Wildman–Crippen LogP) is 4.12. The van der Waals surface area contributed by atoms with Crippen molar-refractivity contribution in [3.63, 3.8) is 0 Å². The summed E-state index contributed by atoms with van der Waals surface area (Å²) in [6.07, 6.45) is 0. The van der Waals surface area contributed by atoms with E-state index in [0.29, 0.717) is 0 Å². The van der Waals surface area contributed by atoms with Crippen LogP contribution in [0.2, 0.25) is 0 Å². The first kappa shape index (κ1) is 17.5. The lowest BCUT2D eigenvalue weighted by Gasteiger charge is -2.35. The van der Waals surface area contributed by atoms with Crippen LogP contribution in [0.1, 0.15) is 27.0 Å². The Morgan fingerprint density at radius 1 is 0.889 bits per heavy atom. The van der Waals surface area contributed by atoms with Gasteiger partial charge in [0, 0.05) is 37.1 Å². The van der Waals surface area contributed by atoms with Crippen LogP contribution in [0.25, 0.3) is 10.9 Å². The Hall–Kier alpha value is -2.88. The highest BCUT2D eigenvalue weighted by molar-refractivity contribution is 5.94. The van der Waals surface area contributed by atoms with E-state index in [2.05, 4.69) is 43.0 Å². The molecule has 0 aliphatic carbocycles. The molecular weight excluding hydrogens is 334 g/mol. The summed E-state index contributed by atoms with van der Waals surface area (Å²) in [4.78, 5) is 21.9. The molecule has 138 valence electrons. The first-order valence-corrected chi connectivity index (χ1v) is 9.51. The summed E-state index contributed by atoms with van der Waals surface area (Å²) in [7, 11) is 0. The number of benzene rings is 2. The van der Waals surface area contributed by atoms with E-state index < -0.39 is 0 Å². The van der Waals surface area contributed by atoms with Gasteiger partial charge in [0.25, 0.3) is 5.91 Å². The fourth-order valence-electron chi connectivity index (χ4n) is 3.72. The van der Waals surface area contributed by atoms with Gasteiger partial charge in [-0.25, -0.2) is 4.98 Å². The van der Waals surface area contributed by atoms with Gasteiger partial charge in [0.1, 0.15) is 5.82 Å². The molecule has 4 heteroatoms.